The molecular formula is C25H32N4O3. The first kappa shape index (κ1) is 22.4. The van der Waals surface area contributed by atoms with Crippen LogP contribution in [-0.4, -0.2) is 65.9 Å². The third kappa shape index (κ3) is 5.34. The number of primary amides is 1. The van der Waals surface area contributed by atoms with Crippen molar-refractivity contribution in [1.82, 2.24) is 14.8 Å². The maximum absolute atomic E-state index is 12.9. The van der Waals surface area contributed by atoms with Crippen LogP contribution in [0.25, 0.3) is 11.3 Å². The number of pyridine rings is 1. The molecule has 1 aliphatic carbocycles. The number of hydrogen-bond acceptors (Lipinski definition) is 5. The molecule has 1 aliphatic heterocycles. The number of nitrogens with zero attached hydrogens (tertiary/aromatic N) is 3. The molecule has 7 heteroatoms. The first-order valence-electron chi connectivity index (χ1n) is 11.5. The lowest BCUT2D eigenvalue weighted by molar-refractivity contribution is -0.135. The molecule has 2 amide bonds. The van der Waals surface area contributed by atoms with Gasteiger partial charge in [0.05, 0.1) is 24.5 Å². The summed E-state index contributed by atoms with van der Waals surface area (Å²) in [6.45, 7) is 2.34. The number of benzene rings is 1. The standard InChI is InChI=1S/C25H32N4O3/c1-28(20-9-3-2-4-10-20)24(30)17-29-13-14-32-23(16-29)22-12-6-11-21(27-22)18-7-5-8-19(15-18)25(26)31/h5-8,11-12,15,20,23H,2-4,9-10,13-14,16-17H2,1H3,(H2,26,31)/t23-/m0/s1. The molecule has 1 saturated carbocycles. The van der Waals surface area contributed by atoms with Gasteiger partial charge >= 0.3 is 0 Å². The van der Waals surface area contributed by atoms with Crippen LogP contribution in [0.3, 0.4) is 0 Å². The van der Waals surface area contributed by atoms with E-state index in [0.29, 0.717) is 31.3 Å². The van der Waals surface area contributed by atoms with Gasteiger partial charge in [-0.3, -0.25) is 19.5 Å². The predicted molar refractivity (Wildman–Crippen MR) is 123 cm³/mol. The van der Waals surface area contributed by atoms with Gasteiger partial charge in [-0.2, -0.15) is 0 Å². The lowest BCUT2D eigenvalue weighted by atomic mass is 9.94. The summed E-state index contributed by atoms with van der Waals surface area (Å²) < 4.78 is 6.00. The maximum atomic E-state index is 12.9. The minimum Gasteiger partial charge on any atom is -0.369 e. The molecule has 4 rings (SSSR count). The van der Waals surface area contributed by atoms with Crippen LogP contribution < -0.4 is 5.73 Å². The zero-order valence-electron chi connectivity index (χ0n) is 18.7. The minimum absolute atomic E-state index is 0.183. The minimum atomic E-state index is -0.461. The largest absolute Gasteiger partial charge is 0.369 e. The van der Waals surface area contributed by atoms with Crippen molar-refractivity contribution < 1.29 is 14.3 Å². The summed E-state index contributed by atoms with van der Waals surface area (Å²) in [6, 6.07) is 13.3. The van der Waals surface area contributed by atoms with E-state index in [-0.39, 0.29) is 12.0 Å². The molecule has 0 radical (unpaired) electrons. The number of nitrogens with two attached hydrogens (primary N) is 1. The lowest BCUT2D eigenvalue weighted by Gasteiger charge is -2.36. The van der Waals surface area contributed by atoms with Gasteiger partial charge in [-0.05, 0) is 37.1 Å². The van der Waals surface area contributed by atoms with Crippen molar-refractivity contribution in [3.05, 3.63) is 53.7 Å². The maximum Gasteiger partial charge on any atom is 0.248 e. The Labute approximate surface area is 189 Å². The van der Waals surface area contributed by atoms with Crippen molar-refractivity contribution in [2.24, 2.45) is 5.73 Å². The zero-order valence-corrected chi connectivity index (χ0v) is 18.7. The second-order valence-corrected chi connectivity index (χ2v) is 8.78. The highest BCUT2D eigenvalue weighted by Gasteiger charge is 2.28. The molecule has 2 fully saturated rings. The number of amides is 2. The van der Waals surface area contributed by atoms with Crippen molar-refractivity contribution in [3.8, 4) is 11.3 Å². The Hall–Kier alpha value is -2.77. The Morgan fingerprint density at radius 2 is 1.94 bits per heavy atom. The number of carbonyl (C=O) groups is 2. The first-order chi connectivity index (χ1) is 15.5. The number of aromatic nitrogens is 1. The van der Waals surface area contributed by atoms with Crippen molar-refractivity contribution in [1.29, 1.82) is 0 Å². The molecule has 2 aromatic rings. The van der Waals surface area contributed by atoms with E-state index in [0.717, 1.165) is 36.3 Å². The number of likely N-dealkylation sites (N-methyl/N-ethyl adjacent to an activating group) is 1. The van der Waals surface area contributed by atoms with Crippen molar-refractivity contribution in [2.75, 3.05) is 33.3 Å². The highest BCUT2D eigenvalue weighted by atomic mass is 16.5. The number of morpholine rings is 1. The number of carbonyl (C=O) groups excluding carboxylic acids is 2. The van der Waals surface area contributed by atoms with Gasteiger partial charge in [0.2, 0.25) is 11.8 Å². The Morgan fingerprint density at radius 3 is 2.72 bits per heavy atom. The summed E-state index contributed by atoms with van der Waals surface area (Å²) in [5.74, 6) is -0.278. The molecule has 1 aromatic heterocycles. The van der Waals surface area contributed by atoms with Crippen molar-refractivity contribution >= 4 is 11.8 Å². The fourth-order valence-electron chi connectivity index (χ4n) is 4.62. The normalized spacial score (nSPS) is 20.1. The Kier molecular flexibility index (Phi) is 7.17. The molecular weight excluding hydrogens is 404 g/mol. The van der Waals surface area contributed by atoms with Gasteiger partial charge in [-0.25, -0.2) is 0 Å². The van der Waals surface area contributed by atoms with E-state index < -0.39 is 5.91 Å². The average molecular weight is 437 g/mol. The zero-order chi connectivity index (χ0) is 22.5. The molecule has 7 nitrogen and oxygen atoms in total. The molecule has 0 spiro atoms. The fourth-order valence-corrected chi connectivity index (χ4v) is 4.62. The van der Waals surface area contributed by atoms with Gasteiger partial charge in [0.15, 0.2) is 0 Å². The van der Waals surface area contributed by atoms with Gasteiger partial charge in [0.25, 0.3) is 0 Å². The Bertz CT molecular complexity index is 958. The van der Waals surface area contributed by atoms with Gasteiger partial charge in [-0.1, -0.05) is 37.5 Å². The van der Waals surface area contributed by atoms with Gasteiger partial charge in [0, 0.05) is 37.3 Å². The summed E-state index contributed by atoms with van der Waals surface area (Å²) in [7, 11) is 1.95. The van der Waals surface area contributed by atoms with E-state index in [2.05, 4.69) is 4.90 Å². The van der Waals surface area contributed by atoms with E-state index in [1.54, 1.807) is 18.2 Å². The molecule has 2 aliphatic rings. The number of hydrogen-bond donors (Lipinski definition) is 1. The highest BCUT2D eigenvalue weighted by Crippen LogP contribution is 2.26. The third-order valence-electron chi connectivity index (χ3n) is 6.57. The summed E-state index contributed by atoms with van der Waals surface area (Å²) >= 11 is 0. The monoisotopic (exact) mass is 436 g/mol. The predicted octanol–water partition coefficient (Wildman–Crippen LogP) is 3.01. The van der Waals surface area contributed by atoms with Crippen LogP contribution >= 0.6 is 0 Å². The van der Waals surface area contributed by atoms with Crippen LogP contribution in [0.1, 0.15) is 54.3 Å². The average Bonchev–Trinajstić information content (AvgIpc) is 2.84. The summed E-state index contributed by atoms with van der Waals surface area (Å²) in [5.41, 5.74) is 8.29. The van der Waals surface area contributed by atoms with Crippen molar-refractivity contribution in [2.45, 2.75) is 44.2 Å². The van der Waals surface area contributed by atoms with Gasteiger partial charge in [0.1, 0.15) is 6.10 Å². The summed E-state index contributed by atoms with van der Waals surface area (Å²) in [4.78, 5) is 33.3. The first-order valence-corrected chi connectivity index (χ1v) is 11.5. The topological polar surface area (TPSA) is 88.8 Å². The van der Waals surface area contributed by atoms with E-state index >= 15 is 0 Å². The molecule has 0 unspecified atom stereocenters. The smallest absolute Gasteiger partial charge is 0.248 e. The second-order valence-electron chi connectivity index (χ2n) is 8.78. The SMILES string of the molecule is CN(C(=O)CN1CCO[C@H](c2cccc(-c3cccc(C(N)=O)c3)n2)C1)C1CCCCC1. The van der Waals surface area contributed by atoms with E-state index in [1.807, 2.05) is 36.2 Å². The van der Waals surface area contributed by atoms with Crippen LogP contribution in [-0.2, 0) is 9.53 Å². The van der Waals surface area contributed by atoms with Crippen molar-refractivity contribution in [3.63, 3.8) is 0 Å². The molecule has 170 valence electrons. The molecule has 32 heavy (non-hydrogen) atoms. The Balaban J connectivity index is 1.42. The van der Waals surface area contributed by atoms with Crippen LogP contribution in [0.2, 0.25) is 0 Å². The van der Waals surface area contributed by atoms with Crippen LogP contribution in [0, 0.1) is 0 Å². The fraction of sp³-hybridized carbons (Fsp3) is 0.480. The Morgan fingerprint density at radius 1 is 1.16 bits per heavy atom. The quantitative estimate of drug-likeness (QED) is 0.752. The van der Waals surface area contributed by atoms with E-state index in [9.17, 15) is 9.59 Å². The molecule has 2 heterocycles. The molecule has 0 bridgehead atoms. The molecule has 2 N–H and O–H groups in total. The highest BCUT2D eigenvalue weighted by molar-refractivity contribution is 5.94. The van der Waals surface area contributed by atoms with E-state index in [4.69, 9.17) is 15.5 Å². The van der Waals surface area contributed by atoms with Crippen LogP contribution in [0.15, 0.2) is 42.5 Å². The summed E-state index contributed by atoms with van der Waals surface area (Å²) in [6.07, 6.45) is 5.74. The number of ether oxygens (including phenoxy) is 1. The van der Waals surface area contributed by atoms with Gasteiger partial charge in [-0.15, -0.1) is 0 Å². The van der Waals surface area contributed by atoms with Gasteiger partial charge < -0.3 is 15.4 Å². The summed E-state index contributed by atoms with van der Waals surface area (Å²) in [5, 5.41) is 0. The van der Waals surface area contributed by atoms with E-state index in [1.165, 1.54) is 19.3 Å². The molecule has 1 atom stereocenters. The molecule has 1 saturated heterocycles. The molecule has 1 aromatic carbocycles. The van der Waals surface area contributed by atoms with Crippen LogP contribution in [0.5, 0.6) is 0 Å². The van der Waals surface area contributed by atoms with Crippen LogP contribution in [0.4, 0.5) is 0 Å². The second kappa shape index (κ2) is 10.2. The third-order valence-corrected chi connectivity index (χ3v) is 6.57. The lowest BCUT2D eigenvalue weighted by Crippen LogP contribution is -2.47. The number of rotatable bonds is 6.